The lowest BCUT2D eigenvalue weighted by Gasteiger charge is -2.31. The molecule has 0 aromatic carbocycles. The summed E-state index contributed by atoms with van der Waals surface area (Å²) in [7, 11) is 2.10. The second-order valence-electron chi connectivity index (χ2n) is 8.70. The van der Waals surface area contributed by atoms with E-state index in [-0.39, 0.29) is 5.91 Å². The van der Waals surface area contributed by atoms with Gasteiger partial charge in [0, 0.05) is 50.3 Å². The zero-order valence-electron chi connectivity index (χ0n) is 19.2. The van der Waals surface area contributed by atoms with E-state index in [9.17, 15) is 4.79 Å². The van der Waals surface area contributed by atoms with Crippen molar-refractivity contribution in [3.8, 4) is 22.5 Å². The number of aromatic nitrogens is 4. The lowest BCUT2D eigenvalue weighted by molar-refractivity contribution is -0.117. The first-order valence-corrected chi connectivity index (χ1v) is 11.6. The number of likely N-dealkylation sites (N-methyl/N-ethyl adjacent to an activating group) is 1. The van der Waals surface area contributed by atoms with Gasteiger partial charge in [-0.25, -0.2) is 4.98 Å². The van der Waals surface area contributed by atoms with E-state index in [0.717, 1.165) is 65.3 Å². The van der Waals surface area contributed by atoms with E-state index in [1.165, 1.54) is 0 Å². The SMILES string of the molecule is Cc1ccc(-c2c(-c3ccnc(NC(=O)CN4CCN(C)CC4)c3)[nH]c3cc(Cl)cnc23)nc1. The van der Waals surface area contributed by atoms with E-state index in [1.807, 2.05) is 43.5 Å². The molecule has 5 heterocycles. The number of halogens is 1. The number of H-pyrrole nitrogens is 1. The largest absolute Gasteiger partial charge is 0.353 e. The quantitative estimate of drug-likeness (QED) is 0.456. The Hall–Kier alpha value is -3.33. The van der Waals surface area contributed by atoms with Crippen molar-refractivity contribution < 1.29 is 4.79 Å². The molecular weight excluding hydrogens is 450 g/mol. The van der Waals surface area contributed by atoms with Crippen molar-refractivity contribution in [2.45, 2.75) is 6.92 Å². The first kappa shape index (κ1) is 22.5. The van der Waals surface area contributed by atoms with Crippen molar-refractivity contribution >= 4 is 34.4 Å². The average Bonchev–Trinajstić information content (AvgIpc) is 3.20. The van der Waals surface area contributed by atoms with Gasteiger partial charge < -0.3 is 15.2 Å². The summed E-state index contributed by atoms with van der Waals surface area (Å²) < 4.78 is 0. The van der Waals surface area contributed by atoms with E-state index in [2.05, 4.69) is 42.1 Å². The monoisotopic (exact) mass is 475 g/mol. The molecule has 0 unspecified atom stereocenters. The minimum atomic E-state index is -0.0697. The molecular formula is C25H26ClN7O. The number of aryl methyl sites for hydroxylation is 1. The molecule has 1 aliphatic rings. The highest BCUT2D eigenvalue weighted by atomic mass is 35.5. The molecule has 1 fully saturated rings. The maximum Gasteiger partial charge on any atom is 0.239 e. The summed E-state index contributed by atoms with van der Waals surface area (Å²) >= 11 is 6.20. The topological polar surface area (TPSA) is 90.0 Å². The number of fused-ring (bicyclic) bond motifs is 1. The number of nitrogens with one attached hydrogen (secondary N) is 2. The predicted molar refractivity (Wildman–Crippen MR) is 135 cm³/mol. The molecule has 4 aromatic rings. The summed E-state index contributed by atoms with van der Waals surface area (Å²) in [6.45, 7) is 6.06. The first-order valence-electron chi connectivity index (χ1n) is 11.2. The molecule has 2 N–H and O–H groups in total. The highest BCUT2D eigenvalue weighted by Crippen LogP contribution is 2.37. The molecule has 1 saturated heterocycles. The van der Waals surface area contributed by atoms with Crippen LogP contribution in [0.2, 0.25) is 5.02 Å². The van der Waals surface area contributed by atoms with Crippen molar-refractivity contribution in [2.75, 3.05) is 45.1 Å². The summed E-state index contributed by atoms with van der Waals surface area (Å²) in [5, 5.41) is 3.50. The molecule has 4 aromatic heterocycles. The Kier molecular flexibility index (Phi) is 6.28. The van der Waals surface area contributed by atoms with Crippen LogP contribution < -0.4 is 5.32 Å². The molecule has 0 saturated carbocycles. The molecule has 0 atom stereocenters. The molecule has 0 aliphatic carbocycles. The van der Waals surface area contributed by atoms with Crippen molar-refractivity contribution in [3.63, 3.8) is 0 Å². The Morgan fingerprint density at radius 3 is 2.68 bits per heavy atom. The molecule has 174 valence electrons. The van der Waals surface area contributed by atoms with Crippen molar-refractivity contribution in [3.05, 3.63) is 59.5 Å². The molecule has 0 radical (unpaired) electrons. The number of hydrogen-bond acceptors (Lipinski definition) is 6. The first-order chi connectivity index (χ1) is 16.5. The number of carbonyl (C=O) groups is 1. The van der Waals surface area contributed by atoms with Gasteiger partial charge in [0.05, 0.1) is 39.6 Å². The second-order valence-corrected chi connectivity index (χ2v) is 9.14. The summed E-state index contributed by atoms with van der Waals surface area (Å²) in [6.07, 6.45) is 5.17. The molecule has 9 heteroatoms. The second kappa shape index (κ2) is 9.50. The smallest absolute Gasteiger partial charge is 0.239 e. The minimum Gasteiger partial charge on any atom is -0.353 e. The average molecular weight is 476 g/mol. The zero-order valence-corrected chi connectivity index (χ0v) is 19.9. The fourth-order valence-electron chi connectivity index (χ4n) is 4.18. The summed E-state index contributed by atoms with van der Waals surface area (Å²) in [5.41, 5.74) is 6.09. The molecule has 0 bridgehead atoms. The van der Waals surface area contributed by atoms with Crippen molar-refractivity contribution in [1.82, 2.24) is 29.7 Å². The lowest BCUT2D eigenvalue weighted by atomic mass is 10.0. The van der Waals surface area contributed by atoms with Crippen LogP contribution in [-0.2, 0) is 4.79 Å². The van der Waals surface area contributed by atoms with Crippen LogP contribution in [0.25, 0.3) is 33.5 Å². The number of hydrogen-bond donors (Lipinski definition) is 2. The van der Waals surface area contributed by atoms with Gasteiger partial charge in [-0.15, -0.1) is 0 Å². The van der Waals surface area contributed by atoms with Crippen LogP contribution in [0.3, 0.4) is 0 Å². The Labute approximate surface area is 203 Å². The van der Waals surface area contributed by atoms with E-state index in [0.29, 0.717) is 17.4 Å². The molecule has 5 rings (SSSR count). The van der Waals surface area contributed by atoms with E-state index < -0.39 is 0 Å². The molecule has 0 spiro atoms. The number of aromatic amines is 1. The van der Waals surface area contributed by atoms with Gasteiger partial charge in [-0.3, -0.25) is 19.7 Å². The number of nitrogens with zero attached hydrogens (tertiary/aromatic N) is 5. The summed E-state index contributed by atoms with van der Waals surface area (Å²) in [6, 6.07) is 9.63. The Balaban J connectivity index is 1.46. The van der Waals surface area contributed by atoms with Gasteiger partial charge in [-0.2, -0.15) is 0 Å². The van der Waals surface area contributed by atoms with Gasteiger partial charge in [-0.05, 0) is 43.8 Å². The van der Waals surface area contributed by atoms with Gasteiger partial charge in [0.15, 0.2) is 0 Å². The van der Waals surface area contributed by atoms with Crippen LogP contribution in [-0.4, -0.2) is 75.4 Å². The molecule has 1 amide bonds. The number of rotatable bonds is 5. The number of carbonyl (C=O) groups excluding carboxylic acids is 1. The van der Waals surface area contributed by atoms with E-state index in [4.69, 9.17) is 11.6 Å². The van der Waals surface area contributed by atoms with Gasteiger partial charge in [0.25, 0.3) is 0 Å². The highest BCUT2D eigenvalue weighted by Gasteiger charge is 2.20. The highest BCUT2D eigenvalue weighted by molar-refractivity contribution is 6.31. The van der Waals surface area contributed by atoms with Crippen LogP contribution in [0.1, 0.15) is 5.56 Å². The third kappa shape index (κ3) is 4.79. The number of anilines is 1. The van der Waals surface area contributed by atoms with E-state index >= 15 is 0 Å². The Morgan fingerprint density at radius 2 is 1.91 bits per heavy atom. The number of amides is 1. The summed E-state index contributed by atoms with van der Waals surface area (Å²) in [4.78, 5) is 34.1. The fraction of sp³-hybridized carbons (Fsp3) is 0.280. The Bertz CT molecular complexity index is 1330. The Morgan fingerprint density at radius 1 is 1.09 bits per heavy atom. The summed E-state index contributed by atoms with van der Waals surface area (Å²) in [5.74, 6) is 0.434. The molecule has 34 heavy (non-hydrogen) atoms. The fourth-order valence-corrected chi connectivity index (χ4v) is 4.33. The number of piperazine rings is 1. The third-order valence-corrected chi connectivity index (χ3v) is 6.25. The van der Waals surface area contributed by atoms with Gasteiger partial charge in [-0.1, -0.05) is 17.7 Å². The standard InChI is InChI=1S/C25H26ClN7O/c1-16-3-4-19(28-13-16)23-24(30-20-12-18(26)14-29-25(20)23)17-5-6-27-21(11-17)31-22(34)15-33-9-7-32(2)8-10-33/h3-6,11-14,30H,7-10,15H2,1-2H3,(H,27,31,34). The van der Waals surface area contributed by atoms with Crippen LogP contribution in [0.4, 0.5) is 5.82 Å². The van der Waals surface area contributed by atoms with Gasteiger partial charge >= 0.3 is 0 Å². The number of pyridine rings is 3. The normalized spacial score (nSPS) is 15.0. The molecule has 8 nitrogen and oxygen atoms in total. The zero-order chi connectivity index (χ0) is 23.7. The van der Waals surface area contributed by atoms with Crippen LogP contribution in [0, 0.1) is 6.92 Å². The van der Waals surface area contributed by atoms with Crippen LogP contribution >= 0.6 is 11.6 Å². The lowest BCUT2D eigenvalue weighted by Crippen LogP contribution is -2.47. The van der Waals surface area contributed by atoms with Gasteiger partial charge in [0.2, 0.25) is 5.91 Å². The molecule has 1 aliphatic heterocycles. The van der Waals surface area contributed by atoms with Crippen molar-refractivity contribution in [2.24, 2.45) is 0 Å². The third-order valence-electron chi connectivity index (χ3n) is 6.05. The maximum atomic E-state index is 12.7. The minimum absolute atomic E-state index is 0.0697. The van der Waals surface area contributed by atoms with E-state index in [1.54, 1.807) is 12.4 Å². The van der Waals surface area contributed by atoms with Crippen LogP contribution in [0.15, 0.2) is 48.9 Å². The van der Waals surface area contributed by atoms with Gasteiger partial charge in [0.1, 0.15) is 5.82 Å². The van der Waals surface area contributed by atoms with Crippen molar-refractivity contribution in [1.29, 1.82) is 0 Å². The predicted octanol–water partition coefficient (Wildman–Crippen LogP) is 3.83. The maximum absolute atomic E-state index is 12.7. The van der Waals surface area contributed by atoms with Crippen LogP contribution in [0.5, 0.6) is 0 Å².